The van der Waals surface area contributed by atoms with Crippen LogP contribution in [-0.4, -0.2) is 40.1 Å². The number of ether oxygens (including phenoxy) is 1. The van der Waals surface area contributed by atoms with E-state index in [2.05, 4.69) is 35.3 Å². The Morgan fingerprint density at radius 2 is 1.80 bits per heavy atom. The van der Waals surface area contributed by atoms with Crippen LogP contribution in [0.3, 0.4) is 0 Å². The number of carbonyl (C=O) groups excluding carboxylic acids is 1. The number of nitrogens with zero attached hydrogens (tertiary/aromatic N) is 3. The minimum absolute atomic E-state index is 0.215. The van der Waals surface area contributed by atoms with Crippen molar-refractivity contribution in [3.63, 3.8) is 0 Å². The van der Waals surface area contributed by atoms with Crippen LogP contribution in [-0.2, 0) is 11.3 Å². The molecule has 2 heterocycles. The van der Waals surface area contributed by atoms with Gasteiger partial charge in [-0.05, 0) is 31.4 Å². The molecule has 0 fully saturated rings. The topological polar surface area (TPSA) is 79.7 Å². The fraction of sp³-hybridized carbons (Fsp3) is 0.593. The second-order valence-corrected chi connectivity index (χ2v) is 9.66. The third kappa shape index (κ3) is 7.23. The third-order valence-electron chi connectivity index (χ3n) is 6.50. The Morgan fingerprint density at radius 1 is 1.11 bits per heavy atom. The number of hydrogen-bond donors (Lipinski definition) is 1. The highest BCUT2D eigenvalue weighted by molar-refractivity contribution is 6.33. The van der Waals surface area contributed by atoms with Gasteiger partial charge in [-0.15, -0.1) is 0 Å². The van der Waals surface area contributed by atoms with E-state index in [1.165, 1.54) is 38.5 Å². The van der Waals surface area contributed by atoms with Crippen molar-refractivity contribution in [2.24, 2.45) is 4.99 Å². The van der Waals surface area contributed by atoms with Gasteiger partial charge in [0.2, 0.25) is 11.5 Å². The molecule has 0 bridgehead atoms. The highest BCUT2D eigenvalue weighted by Gasteiger charge is 2.20. The molecular formula is C27H39ClN4O3. The molecule has 8 heteroatoms. The molecule has 0 saturated carbocycles. The molecular weight excluding hydrogens is 464 g/mol. The highest BCUT2D eigenvalue weighted by atomic mass is 35.5. The van der Waals surface area contributed by atoms with Gasteiger partial charge >= 0.3 is 0 Å². The predicted molar refractivity (Wildman–Crippen MR) is 141 cm³/mol. The Kier molecular flexibility index (Phi) is 10.5. The Labute approximate surface area is 212 Å². The zero-order valence-corrected chi connectivity index (χ0v) is 22.0. The summed E-state index contributed by atoms with van der Waals surface area (Å²) in [5.74, 6) is 0.884. The number of aromatic amines is 1. The van der Waals surface area contributed by atoms with Crippen LogP contribution in [0, 0.1) is 0 Å². The average molecular weight is 503 g/mol. The number of nitrogens with one attached hydrogen (secondary N) is 1. The monoisotopic (exact) mass is 502 g/mol. The summed E-state index contributed by atoms with van der Waals surface area (Å²) in [6, 6.07) is 3.58. The SMILES string of the molecule is C=c1c(=O)[nH]c2n1Cc1c(OCCCC(=O)N(CCCCCC)CCCCCC)ccc(Cl)c1N=2. The van der Waals surface area contributed by atoms with E-state index in [9.17, 15) is 9.59 Å². The minimum Gasteiger partial charge on any atom is -0.493 e. The molecule has 1 N–H and O–H groups in total. The van der Waals surface area contributed by atoms with Crippen molar-refractivity contribution >= 4 is 29.8 Å². The first-order valence-electron chi connectivity index (χ1n) is 13.0. The number of carbonyl (C=O) groups is 1. The van der Waals surface area contributed by atoms with Gasteiger partial charge in [-0.3, -0.25) is 14.6 Å². The van der Waals surface area contributed by atoms with Crippen LogP contribution < -0.4 is 21.3 Å². The molecule has 192 valence electrons. The van der Waals surface area contributed by atoms with E-state index in [0.717, 1.165) is 31.5 Å². The molecule has 3 rings (SSSR count). The van der Waals surface area contributed by atoms with Gasteiger partial charge in [-0.1, -0.05) is 70.6 Å². The largest absolute Gasteiger partial charge is 0.493 e. The summed E-state index contributed by atoms with van der Waals surface area (Å²) in [6.45, 7) is 10.8. The zero-order valence-electron chi connectivity index (χ0n) is 21.2. The fourth-order valence-electron chi connectivity index (χ4n) is 4.40. The molecule has 0 atom stereocenters. The normalized spacial score (nSPS) is 12.1. The van der Waals surface area contributed by atoms with Crippen molar-refractivity contribution in [1.82, 2.24) is 14.5 Å². The molecule has 1 aliphatic rings. The van der Waals surface area contributed by atoms with Gasteiger partial charge in [0.1, 0.15) is 11.1 Å². The van der Waals surface area contributed by atoms with Crippen molar-refractivity contribution in [2.45, 2.75) is 84.6 Å². The number of amides is 1. The molecule has 1 amide bonds. The first-order valence-corrected chi connectivity index (χ1v) is 13.4. The van der Waals surface area contributed by atoms with E-state index < -0.39 is 0 Å². The van der Waals surface area contributed by atoms with Crippen LogP contribution in [0.15, 0.2) is 21.9 Å². The van der Waals surface area contributed by atoms with Crippen LogP contribution in [0.1, 0.15) is 83.6 Å². The van der Waals surface area contributed by atoms with E-state index in [1.54, 1.807) is 10.6 Å². The molecule has 1 aliphatic heterocycles. The number of H-pyrrole nitrogens is 1. The van der Waals surface area contributed by atoms with E-state index in [1.807, 2.05) is 6.07 Å². The summed E-state index contributed by atoms with van der Waals surface area (Å²) >= 11 is 6.37. The van der Waals surface area contributed by atoms with Gasteiger partial charge in [0, 0.05) is 25.1 Å². The maximum atomic E-state index is 12.9. The Hall–Kier alpha value is -2.54. The predicted octanol–water partition coefficient (Wildman–Crippen LogP) is 4.70. The second kappa shape index (κ2) is 13.5. The van der Waals surface area contributed by atoms with Crippen LogP contribution in [0.4, 0.5) is 5.69 Å². The lowest BCUT2D eigenvalue weighted by atomic mass is 10.1. The van der Waals surface area contributed by atoms with Crippen molar-refractivity contribution in [3.8, 4) is 5.75 Å². The van der Waals surface area contributed by atoms with E-state index in [0.29, 0.717) is 53.4 Å². The summed E-state index contributed by atoms with van der Waals surface area (Å²) in [6.07, 6.45) is 10.4. The number of hydrogen-bond acceptors (Lipinski definition) is 4. The summed E-state index contributed by atoms with van der Waals surface area (Å²) in [4.78, 5) is 34.2. The average Bonchev–Trinajstić information content (AvgIpc) is 3.13. The lowest BCUT2D eigenvalue weighted by Gasteiger charge is -2.23. The van der Waals surface area contributed by atoms with Crippen LogP contribution in [0.5, 0.6) is 5.75 Å². The minimum atomic E-state index is -0.261. The number of aromatic nitrogens is 2. The lowest BCUT2D eigenvalue weighted by molar-refractivity contribution is -0.131. The summed E-state index contributed by atoms with van der Waals surface area (Å²) in [5, 5.41) is 0.854. The summed E-state index contributed by atoms with van der Waals surface area (Å²) in [5.41, 5.74) is 1.60. The highest BCUT2D eigenvalue weighted by Crippen LogP contribution is 2.37. The van der Waals surface area contributed by atoms with E-state index in [-0.39, 0.29) is 11.5 Å². The standard InChI is InChI=1S/C27H39ClN4O3/c1-4-6-8-10-16-31(17-11-9-7-5-2)24(33)13-12-18-35-23-15-14-22(28)25-21(23)19-32-20(3)26(34)30-27(32)29-25/h14-15H,3-13,16-19H2,1-2H3,(H,29,30,34). The first kappa shape index (κ1) is 27.1. The van der Waals surface area contributed by atoms with Crippen molar-refractivity contribution in [3.05, 3.63) is 44.0 Å². The maximum Gasteiger partial charge on any atom is 0.274 e. The van der Waals surface area contributed by atoms with Crippen LogP contribution >= 0.6 is 11.6 Å². The third-order valence-corrected chi connectivity index (χ3v) is 6.81. The van der Waals surface area contributed by atoms with Crippen LogP contribution in [0.25, 0.3) is 6.58 Å². The zero-order chi connectivity index (χ0) is 25.2. The smallest absolute Gasteiger partial charge is 0.274 e. The molecule has 0 unspecified atom stereocenters. The Bertz CT molecular complexity index is 1140. The van der Waals surface area contributed by atoms with Gasteiger partial charge in [0.05, 0.1) is 23.9 Å². The first-order chi connectivity index (χ1) is 17.0. The Balaban J connectivity index is 1.56. The maximum absolute atomic E-state index is 12.9. The number of fused-ring (bicyclic) bond motifs is 2. The van der Waals surface area contributed by atoms with Gasteiger partial charge in [-0.25, -0.2) is 4.99 Å². The van der Waals surface area contributed by atoms with E-state index >= 15 is 0 Å². The molecule has 0 spiro atoms. The number of benzene rings is 1. The van der Waals surface area contributed by atoms with Gasteiger partial charge < -0.3 is 14.2 Å². The summed E-state index contributed by atoms with van der Waals surface area (Å²) in [7, 11) is 0. The van der Waals surface area contributed by atoms with Gasteiger partial charge in [0.25, 0.3) is 5.56 Å². The molecule has 35 heavy (non-hydrogen) atoms. The van der Waals surface area contributed by atoms with Crippen molar-refractivity contribution in [2.75, 3.05) is 19.7 Å². The number of halogens is 1. The molecule has 1 aromatic carbocycles. The molecule has 2 aromatic rings. The molecule has 1 aromatic heterocycles. The molecule has 0 saturated heterocycles. The second-order valence-electron chi connectivity index (χ2n) is 9.25. The lowest BCUT2D eigenvalue weighted by Crippen LogP contribution is -2.33. The van der Waals surface area contributed by atoms with Gasteiger partial charge in [0.15, 0.2) is 0 Å². The van der Waals surface area contributed by atoms with Gasteiger partial charge in [-0.2, -0.15) is 0 Å². The quantitative estimate of drug-likeness (QED) is 0.306. The summed E-state index contributed by atoms with van der Waals surface area (Å²) < 4.78 is 7.79. The van der Waals surface area contributed by atoms with Crippen LogP contribution in [0.2, 0.25) is 5.02 Å². The van der Waals surface area contributed by atoms with E-state index in [4.69, 9.17) is 16.3 Å². The number of imidazole rings is 1. The molecule has 7 nitrogen and oxygen atoms in total. The molecule has 0 aliphatic carbocycles. The number of rotatable bonds is 15. The number of unbranched alkanes of at least 4 members (excludes halogenated alkanes) is 6. The molecule has 0 radical (unpaired) electrons. The Morgan fingerprint density at radius 3 is 2.46 bits per heavy atom. The van der Waals surface area contributed by atoms with Crippen molar-refractivity contribution in [1.29, 1.82) is 0 Å². The van der Waals surface area contributed by atoms with Crippen molar-refractivity contribution < 1.29 is 9.53 Å². The fourth-order valence-corrected chi connectivity index (χ4v) is 4.62.